The number of benzene rings is 8. The van der Waals surface area contributed by atoms with E-state index in [0.717, 1.165) is 55.7 Å². The topological polar surface area (TPSA) is 48.8 Å². The van der Waals surface area contributed by atoms with Crippen LogP contribution in [0.3, 0.4) is 0 Å². The molecule has 0 N–H and O–H groups in total. The number of nitrogens with zero attached hydrogens (tertiary/aromatic N) is 4. The van der Waals surface area contributed by atoms with Crippen molar-refractivity contribution in [1.29, 1.82) is 0 Å². The summed E-state index contributed by atoms with van der Waals surface area (Å²) in [6.07, 6.45) is 0. The Hall–Kier alpha value is -7.76. The summed E-state index contributed by atoms with van der Waals surface area (Å²) in [5.74, 6) is 0.669. The van der Waals surface area contributed by atoms with Crippen LogP contribution in [-0.4, -0.2) is 19.1 Å². The summed E-state index contributed by atoms with van der Waals surface area (Å²) in [7, 11) is 0. The monoisotopic (exact) mass is 728 g/mol. The van der Waals surface area contributed by atoms with Gasteiger partial charge in [0.2, 0.25) is 0 Å². The fourth-order valence-corrected chi connectivity index (χ4v) is 8.72. The number of rotatable bonds is 5. The van der Waals surface area contributed by atoms with Gasteiger partial charge >= 0.3 is 0 Å². The van der Waals surface area contributed by atoms with Crippen molar-refractivity contribution in [3.8, 4) is 45.1 Å². The Morgan fingerprint density at radius 1 is 0.351 bits per heavy atom. The van der Waals surface area contributed by atoms with Crippen LogP contribution in [0.25, 0.3) is 111 Å². The maximum atomic E-state index is 6.59. The summed E-state index contributed by atoms with van der Waals surface area (Å²) in [4.78, 5) is 10.2. The second-order valence-corrected chi connectivity index (χ2v) is 14.6. The molecule has 0 saturated carbocycles. The van der Waals surface area contributed by atoms with Crippen molar-refractivity contribution in [3.63, 3.8) is 0 Å². The number of fused-ring (bicyclic) bond motifs is 9. The van der Waals surface area contributed by atoms with E-state index in [-0.39, 0.29) is 0 Å². The molecule has 0 aliphatic rings. The first-order valence-corrected chi connectivity index (χ1v) is 19.2. The maximum Gasteiger partial charge on any atom is 0.180 e. The Morgan fingerprint density at radius 2 is 0.877 bits per heavy atom. The molecule has 12 rings (SSSR count). The molecule has 0 spiro atoms. The van der Waals surface area contributed by atoms with Gasteiger partial charge in [-0.05, 0) is 77.9 Å². The molecule has 57 heavy (non-hydrogen) atoms. The fraction of sp³-hybridized carbons (Fsp3) is 0. The smallest absolute Gasteiger partial charge is 0.180 e. The molecule has 0 saturated heterocycles. The summed E-state index contributed by atoms with van der Waals surface area (Å²) < 4.78 is 11.3. The average Bonchev–Trinajstić information content (AvgIpc) is 3.94. The van der Waals surface area contributed by atoms with E-state index in [1.807, 2.05) is 36.4 Å². The minimum Gasteiger partial charge on any atom is -0.452 e. The summed E-state index contributed by atoms with van der Waals surface area (Å²) in [6.45, 7) is 0. The molecule has 0 amide bonds. The number of aromatic nitrogens is 4. The van der Waals surface area contributed by atoms with Crippen LogP contribution >= 0.6 is 0 Å². The number of hydrogen-bond acceptors (Lipinski definition) is 3. The molecule has 0 atom stereocenters. The van der Waals surface area contributed by atoms with E-state index in [4.69, 9.17) is 14.4 Å². The normalized spacial score (nSPS) is 11.9. The van der Waals surface area contributed by atoms with E-state index in [9.17, 15) is 0 Å². The van der Waals surface area contributed by atoms with Crippen LogP contribution < -0.4 is 0 Å². The minimum atomic E-state index is 0.669. The quantitative estimate of drug-likeness (QED) is 0.177. The maximum absolute atomic E-state index is 6.59. The zero-order valence-corrected chi connectivity index (χ0v) is 30.7. The van der Waals surface area contributed by atoms with Gasteiger partial charge in [0.15, 0.2) is 11.4 Å². The highest BCUT2D eigenvalue weighted by Crippen LogP contribution is 2.40. The largest absolute Gasteiger partial charge is 0.452 e. The Balaban J connectivity index is 1.04. The van der Waals surface area contributed by atoms with E-state index in [1.54, 1.807) is 0 Å². The highest BCUT2D eigenvalue weighted by atomic mass is 16.3. The van der Waals surface area contributed by atoms with Crippen LogP contribution in [0.5, 0.6) is 0 Å². The zero-order chi connectivity index (χ0) is 37.5. The Bertz CT molecular complexity index is 3510. The van der Waals surface area contributed by atoms with Gasteiger partial charge in [-0.15, -0.1) is 0 Å². The van der Waals surface area contributed by atoms with Gasteiger partial charge in [0, 0.05) is 49.4 Å². The van der Waals surface area contributed by atoms with Crippen LogP contribution in [-0.2, 0) is 0 Å². The van der Waals surface area contributed by atoms with Gasteiger partial charge in [0.25, 0.3) is 0 Å². The van der Waals surface area contributed by atoms with Crippen LogP contribution in [0, 0.1) is 0 Å². The zero-order valence-electron chi connectivity index (χ0n) is 30.7. The first-order chi connectivity index (χ1) is 28.3. The van der Waals surface area contributed by atoms with Gasteiger partial charge in [-0.2, -0.15) is 0 Å². The lowest BCUT2D eigenvalue weighted by Gasteiger charge is -2.09. The summed E-state index contributed by atoms with van der Waals surface area (Å²) >= 11 is 0. The lowest BCUT2D eigenvalue weighted by atomic mass is 10.0. The van der Waals surface area contributed by atoms with Gasteiger partial charge < -0.3 is 13.6 Å². The SMILES string of the molecule is c1ccc(-c2nc(-c3ccccc3)c3oc4ccc(-n5c6ccccc6c6cc(-c7ccc8c(c7)c7ccccc7n8-c7ccccc7)ccc65)cc4c3n2)cc1. The molecular formula is C52H32N4O. The molecule has 0 bridgehead atoms. The molecule has 5 heteroatoms. The van der Waals surface area contributed by atoms with E-state index in [1.165, 1.54) is 43.7 Å². The van der Waals surface area contributed by atoms with Crippen molar-refractivity contribution < 1.29 is 4.42 Å². The molecule has 5 nitrogen and oxygen atoms in total. The van der Waals surface area contributed by atoms with Crippen LogP contribution in [0.15, 0.2) is 199 Å². The second kappa shape index (κ2) is 12.4. The molecule has 0 aliphatic heterocycles. The van der Waals surface area contributed by atoms with Crippen LogP contribution in [0.1, 0.15) is 0 Å². The predicted molar refractivity (Wildman–Crippen MR) is 234 cm³/mol. The highest BCUT2D eigenvalue weighted by molar-refractivity contribution is 6.13. The van der Waals surface area contributed by atoms with Crippen molar-refractivity contribution in [3.05, 3.63) is 194 Å². The number of hydrogen-bond donors (Lipinski definition) is 0. The summed E-state index contributed by atoms with van der Waals surface area (Å²) in [6, 6.07) is 68.6. The third-order valence-corrected chi connectivity index (χ3v) is 11.3. The Kier molecular flexibility index (Phi) is 6.86. The van der Waals surface area contributed by atoms with Crippen molar-refractivity contribution >= 4 is 65.7 Å². The molecule has 266 valence electrons. The second-order valence-electron chi connectivity index (χ2n) is 14.6. The Morgan fingerprint density at radius 3 is 1.51 bits per heavy atom. The third-order valence-electron chi connectivity index (χ3n) is 11.3. The van der Waals surface area contributed by atoms with Gasteiger partial charge in [-0.3, -0.25) is 0 Å². The molecule has 0 fully saturated rings. The molecule has 0 aliphatic carbocycles. The predicted octanol–water partition coefficient (Wildman–Crippen LogP) is 13.6. The molecule has 0 unspecified atom stereocenters. The third kappa shape index (κ3) is 4.89. The van der Waals surface area contributed by atoms with Crippen molar-refractivity contribution in [2.24, 2.45) is 0 Å². The van der Waals surface area contributed by atoms with Crippen molar-refractivity contribution in [2.75, 3.05) is 0 Å². The first kappa shape index (κ1) is 31.6. The molecule has 8 aromatic carbocycles. The van der Waals surface area contributed by atoms with E-state index in [0.29, 0.717) is 11.4 Å². The highest BCUT2D eigenvalue weighted by Gasteiger charge is 2.21. The van der Waals surface area contributed by atoms with E-state index in [2.05, 4.69) is 167 Å². The van der Waals surface area contributed by atoms with Gasteiger partial charge in [0.1, 0.15) is 16.8 Å². The summed E-state index contributed by atoms with van der Waals surface area (Å²) in [5, 5.41) is 5.84. The first-order valence-electron chi connectivity index (χ1n) is 19.2. The van der Waals surface area contributed by atoms with Crippen molar-refractivity contribution in [1.82, 2.24) is 19.1 Å². The number of furan rings is 1. The molecule has 4 aromatic heterocycles. The molecule has 0 radical (unpaired) electrons. The lowest BCUT2D eigenvalue weighted by Crippen LogP contribution is -1.95. The van der Waals surface area contributed by atoms with Crippen molar-refractivity contribution in [2.45, 2.75) is 0 Å². The van der Waals surface area contributed by atoms with Crippen LogP contribution in [0.2, 0.25) is 0 Å². The Labute approximate surface area is 327 Å². The molecule has 12 aromatic rings. The summed E-state index contributed by atoms with van der Waals surface area (Å²) in [5.41, 5.74) is 14.2. The number of para-hydroxylation sites is 3. The fourth-order valence-electron chi connectivity index (χ4n) is 8.72. The molecular weight excluding hydrogens is 697 g/mol. The average molecular weight is 729 g/mol. The van der Waals surface area contributed by atoms with Gasteiger partial charge in [-0.25, -0.2) is 9.97 Å². The van der Waals surface area contributed by atoms with Gasteiger partial charge in [0.05, 0.1) is 22.1 Å². The van der Waals surface area contributed by atoms with E-state index < -0.39 is 0 Å². The standard InChI is InChI=1S/C52H32N4O/c1-4-14-33(15-5-1)49-51-50(54-52(53-49)34-16-6-2-7-17-34)43-32-38(26-29-48(43)57-51)56-45-23-13-11-21-40(45)42-31-36(25-28-47(42)56)35-24-27-46-41(30-35)39-20-10-12-22-44(39)55(46)37-18-8-3-9-19-37/h1-32H. The van der Waals surface area contributed by atoms with Crippen LogP contribution in [0.4, 0.5) is 0 Å². The lowest BCUT2D eigenvalue weighted by molar-refractivity contribution is 0.667. The molecule has 4 heterocycles. The van der Waals surface area contributed by atoms with E-state index >= 15 is 0 Å². The minimum absolute atomic E-state index is 0.669. The van der Waals surface area contributed by atoms with Gasteiger partial charge in [-0.1, -0.05) is 127 Å².